The van der Waals surface area contributed by atoms with E-state index < -0.39 is 17.7 Å². The molecule has 0 saturated carbocycles. The van der Waals surface area contributed by atoms with Gasteiger partial charge in [-0.1, -0.05) is 6.58 Å². The van der Waals surface area contributed by atoms with E-state index in [2.05, 4.69) is 6.58 Å². The Kier molecular flexibility index (Phi) is 2.40. The first-order chi connectivity index (χ1) is 5.95. The minimum atomic E-state index is -0.756. The van der Waals surface area contributed by atoms with E-state index in [4.69, 9.17) is 9.47 Å². The molecule has 0 aromatic rings. The van der Waals surface area contributed by atoms with Gasteiger partial charge in [0.2, 0.25) is 6.29 Å². The minimum absolute atomic E-state index is 0.339. The Balaban J connectivity index is 2.54. The summed E-state index contributed by atoms with van der Waals surface area (Å²) >= 11 is 0. The van der Waals surface area contributed by atoms with Gasteiger partial charge in [0.15, 0.2) is 0 Å². The zero-order valence-corrected chi connectivity index (χ0v) is 7.70. The van der Waals surface area contributed by atoms with Crippen molar-refractivity contribution in [3.8, 4) is 0 Å². The quantitative estimate of drug-likeness (QED) is 0.475. The average molecular weight is 184 g/mol. The molecule has 1 aliphatic heterocycles. The lowest BCUT2D eigenvalue weighted by Crippen LogP contribution is -2.17. The molecule has 1 aliphatic rings. The molecule has 1 atom stereocenters. The summed E-state index contributed by atoms with van der Waals surface area (Å²) in [6, 6.07) is 0. The van der Waals surface area contributed by atoms with Gasteiger partial charge < -0.3 is 9.47 Å². The first-order valence-electron chi connectivity index (χ1n) is 4.00. The highest BCUT2D eigenvalue weighted by Gasteiger charge is 2.43. The van der Waals surface area contributed by atoms with Crippen molar-refractivity contribution in [3.05, 3.63) is 12.7 Å². The van der Waals surface area contributed by atoms with Crippen LogP contribution < -0.4 is 0 Å². The molecular weight excluding hydrogens is 172 g/mol. The smallest absolute Gasteiger partial charge is 0.333 e. The van der Waals surface area contributed by atoms with Crippen molar-refractivity contribution < 1.29 is 19.1 Å². The predicted octanol–water partition coefficient (Wildman–Crippen LogP) is 1.01. The predicted molar refractivity (Wildman–Crippen MR) is 44.6 cm³/mol. The maximum absolute atomic E-state index is 11.1. The molecule has 0 radical (unpaired) electrons. The second-order valence-electron chi connectivity index (χ2n) is 3.56. The summed E-state index contributed by atoms with van der Waals surface area (Å²) in [5.74, 6) is -0.912. The minimum Gasteiger partial charge on any atom is -0.425 e. The van der Waals surface area contributed by atoms with Crippen LogP contribution in [0.15, 0.2) is 12.7 Å². The summed E-state index contributed by atoms with van der Waals surface area (Å²) in [6.45, 7) is 6.74. The molecule has 0 amide bonds. The second-order valence-corrected chi connectivity index (χ2v) is 3.56. The highest BCUT2D eigenvalue weighted by Crippen LogP contribution is 2.33. The van der Waals surface area contributed by atoms with Crippen LogP contribution in [-0.4, -0.2) is 18.2 Å². The number of rotatable bonds is 2. The van der Waals surface area contributed by atoms with Crippen LogP contribution in [0.5, 0.6) is 0 Å². The number of hydrogen-bond acceptors (Lipinski definition) is 4. The van der Waals surface area contributed by atoms with Crippen molar-refractivity contribution in [2.75, 3.05) is 0 Å². The maximum atomic E-state index is 11.1. The molecule has 72 valence electrons. The standard InChI is InChI=1S/C9H12O4/c1-4-6(10)12-7-5-9(2,3)8(11)13-7/h4,7H,1,5H2,2-3H3. The SMILES string of the molecule is C=CC(=O)OC1CC(C)(C)C(=O)O1. The first-order valence-corrected chi connectivity index (χ1v) is 4.00. The molecule has 0 bridgehead atoms. The van der Waals surface area contributed by atoms with Crippen molar-refractivity contribution in [3.63, 3.8) is 0 Å². The molecule has 0 aromatic heterocycles. The van der Waals surface area contributed by atoms with Gasteiger partial charge in [0.05, 0.1) is 5.41 Å². The fourth-order valence-electron chi connectivity index (χ4n) is 1.06. The first kappa shape index (κ1) is 9.77. The van der Waals surface area contributed by atoms with Crippen molar-refractivity contribution in [1.82, 2.24) is 0 Å². The van der Waals surface area contributed by atoms with Crippen molar-refractivity contribution in [2.24, 2.45) is 5.41 Å². The fraction of sp³-hybridized carbons (Fsp3) is 0.556. The van der Waals surface area contributed by atoms with E-state index in [0.717, 1.165) is 6.08 Å². The lowest BCUT2D eigenvalue weighted by atomic mass is 9.92. The van der Waals surface area contributed by atoms with Crippen LogP contribution in [0.1, 0.15) is 20.3 Å². The van der Waals surface area contributed by atoms with E-state index in [1.165, 1.54) is 0 Å². The molecule has 1 heterocycles. The second kappa shape index (κ2) is 3.20. The third-order valence-electron chi connectivity index (χ3n) is 1.88. The Morgan fingerprint density at radius 2 is 2.38 bits per heavy atom. The zero-order valence-electron chi connectivity index (χ0n) is 7.70. The van der Waals surface area contributed by atoms with Gasteiger partial charge in [0.25, 0.3) is 0 Å². The molecule has 13 heavy (non-hydrogen) atoms. The van der Waals surface area contributed by atoms with Crippen molar-refractivity contribution in [1.29, 1.82) is 0 Å². The summed E-state index contributed by atoms with van der Waals surface area (Å²) in [5.41, 5.74) is -0.563. The molecular formula is C9H12O4. The Labute approximate surface area is 76.5 Å². The lowest BCUT2D eigenvalue weighted by Gasteiger charge is -2.09. The van der Waals surface area contributed by atoms with E-state index in [0.29, 0.717) is 6.42 Å². The molecule has 0 spiro atoms. The van der Waals surface area contributed by atoms with Gasteiger partial charge in [-0.15, -0.1) is 0 Å². The highest BCUT2D eigenvalue weighted by atomic mass is 16.7. The van der Waals surface area contributed by atoms with Crippen LogP contribution in [0, 0.1) is 5.41 Å². The molecule has 1 saturated heterocycles. The van der Waals surface area contributed by atoms with Crippen LogP contribution in [0.2, 0.25) is 0 Å². The Bertz CT molecular complexity index is 254. The molecule has 4 nitrogen and oxygen atoms in total. The monoisotopic (exact) mass is 184 g/mol. The number of carbonyl (C=O) groups excluding carboxylic acids is 2. The van der Waals surface area contributed by atoms with Crippen LogP contribution in [0.3, 0.4) is 0 Å². The van der Waals surface area contributed by atoms with Gasteiger partial charge in [-0.25, -0.2) is 4.79 Å². The van der Waals surface area contributed by atoms with Gasteiger partial charge in [-0.3, -0.25) is 4.79 Å². The molecule has 1 fully saturated rings. The van der Waals surface area contributed by atoms with Gasteiger partial charge in [0, 0.05) is 12.5 Å². The van der Waals surface area contributed by atoms with Crippen LogP contribution in [0.25, 0.3) is 0 Å². The van der Waals surface area contributed by atoms with Crippen molar-refractivity contribution in [2.45, 2.75) is 26.6 Å². The summed E-state index contributed by atoms with van der Waals surface area (Å²) in [4.78, 5) is 21.9. The number of carbonyl (C=O) groups is 2. The van der Waals surface area contributed by atoms with Crippen LogP contribution in [0.4, 0.5) is 0 Å². The number of hydrogen-bond donors (Lipinski definition) is 0. The van der Waals surface area contributed by atoms with Crippen LogP contribution >= 0.6 is 0 Å². The third-order valence-corrected chi connectivity index (χ3v) is 1.88. The molecule has 4 heteroatoms. The lowest BCUT2D eigenvalue weighted by molar-refractivity contribution is -0.173. The normalized spacial score (nSPS) is 25.1. The summed E-state index contributed by atoms with van der Waals surface area (Å²) < 4.78 is 9.59. The summed E-state index contributed by atoms with van der Waals surface area (Å²) in [6.07, 6.45) is 0.679. The third kappa shape index (κ3) is 2.08. The van der Waals surface area contributed by atoms with E-state index in [9.17, 15) is 9.59 Å². The fourth-order valence-corrected chi connectivity index (χ4v) is 1.06. The molecule has 1 unspecified atom stereocenters. The van der Waals surface area contributed by atoms with E-state index in [-0.39, 0.29) is 5.97 Å². The van der Waals surface area contributed by atoms with Gasteiger partial charge in [-0.05, 0) is 13.8 Å². The van der Waals surface area contributed by atoms with Gasteiger partial charge in [0.1, 0.15) is 0 Å². The zero-order chi connectivity index (χ0) is 10.1. The summed E-state index contributed by atoms with van der Waals surface area (Å²) in [7, 11) is 0. The van der Waals surface area contributed by atoms with E-state index >= 15 is 0 Å². The number of cyclic esters (lactones) is 1. The highest BCUT2D eigenvalue weighted by molar-refractivity contribution is 5.82. The Hall–Kier alpha value is -1.32. The van der Waals surface area contributed by atoms with Crippen LogP contribution in [-0.2, 0) is 19.1 Å². The van der Waals surface area contributed by atoms with Crippen molar-refractivity contribution >= 4 is 11.9 Å². The van der Waals surface area contributed by atoms with Gasteiger partial charge >= 0.3 is 11.9 Å². The number of esters is 2. The molecule has 1 rings (SSSR count). The summed E-state index contributed by atoms with van der Waals surface area (Å²) in [5, 5.41) is 0. The molecule has 0 aromatic carbocycles. The Morgan fingerprint density at radius 1 is 1.77 bits per heavy atom. The van der Waals surface area contributed by atoms with E-state index in [1.54, 1.807) is 13.8 Å². The molecule has 0 N–H and O–H groups in total. The number of ether oxygens (including phenoxy) is 2. The topological polar surface area (TPSA) is 52.6 Å². The van der Waals surface area contributed by atoms with Gasteiger partial charge in [-0.2, -0.15) is 0 Å². The average Bonchev–Trinajstić information content (AvgIpc) is 2.25. The van der Waals surface area contributed by atoms with E-state index in [1.807, 2.05) is 0 Å². The largest absolute Gasteiger partial charge is 0.425 e. The maximum Gasteiger partial charge on any atom is 0.333 e. The molecule has 0 aliphatic carbocycles. The Morgan fingerprint density at radius 3 is 2.77 bits per heavy atom.